The monoisotopic (exact) mass is 620 g/mol. The summed E-state index contributed by atoms with van der Waals surface area (Å²) in [5, 5.41) is 5.60. The second-order valence-electron chi connectivity index (χ2n) is 11.5. The van der Waals surface area contributed by atoms with Crippen LogP contribution in [0.5, 0.6) is 28.7 Å². The molecule has 45 heavy (non-hydrogen) atoms. The molecule has 2 amide bonds. The van der Waals surface area contributed by atoms with Crippen LogP contribution in [0.15, 0.2) is 54.6 Å². The van der Waals surface area contributed by atoms with Gasteiger partial charge in [0.2, 0.25) is 11.7 Å². The summed E-state index contributed by atoms with van der Waals surface area (Å²) < 4.78 is 33.3. The van der Waals surface area contributed by atoms with Crippen molar-refractivity contribution in [2.45, 2.75) is 45.3 Å². The zero-order chi connectivity index (χ0) is 32.7. The van der Waals surface area contributed by atoms with Crippen molar-refractivity contribution in [1.82, 2.24) is 5.32 Å². The van der Waals surface area contributed by atoms with Crippen molar-refractivity contribution in [3.05, 3.63) is 71.3 Å². The van der Waals surface area contributed by atoms with Crippen molar-refractivity contribution in [2.24, 2.45) is 5.92 Å². The highest BCUT2D eigenvalue weighted by Crippen LogP contribution is 2.47. The largest absolute Gasteiger partial charge is 0.495 e. The second-order valence-corrected chi connectivity index (χ2v) is 11.5. The van der Waals surface area contributed by atoms with Crippen molar-refractivity contribution in [1.29, 1.82) is 0 Å². The Balaban J connectivity index is 1.57. The van der Waals surface area contributed by atoms with Crippen LogP contribution in [0.1, 0.15) is 42.3 Å². The summed E-state index contributed by atoms with van der Waals surface area (Å²) in [6.07, 6.45) is -0.163. The number of ketones is 1. The lowest BCUT2D eigenvalue weighted by Crippen LogP contribution is -2.47. The Morgan fingerprint density at radius 2 is 1.58 bits per heavy atom. The standard InChI is InChI=1S/C34H40N2O9/c1-34(2,3)45-33(39)36-24(16-20-11-9-8-10-12-20)32(38)35-23-17-21(13-14-25(23)40-4)15-22-19-44-26-18-27(41-5)30(42-6)31(43-7)28(26)29(22)37/h8-14,17-18,22,24H,15-16,19H2,1-7H3,(H,35,38)(H,36,39). The van der Waals surface area contributed by atoms with Crippen LogP contribution in [0, 0.1) is 5.92 Å². The zero-order valence-corrected chi connectivity index (χ0v) is 26.6. The molecule has 2 atom stereocenters. The fraction of sp³-hybridized carbons (Fsp3) is 0.382. The highest BCUT2D eigenvalue weighted by Gasteiger charge is 2.35. The number of carbonyl (C=O) groups excluding carboxylic acids is 3. The Bertz CT molecular complexity index is 1530. The normalized spacial score (nSPS) is 14.7. The molecule has 0 aromatic heterocycles. The minimum absolute atomic E-state index is 0.136. The smallest absolute Gasteiger partial charge is 0.408 e. The van der Waals surface area contributed by atoms with E-state index in [1.54, 1.807) is 39.0 Å². The number of Topliss-reactive ketones (excluding diaryl/α,β-unsaturated/α-hetero) is 1. The van der Waals surface area contributed by atoms with Crippen molar-refractivity contribution in [2.75, 3.05) is 40.4 Å². The molecule has 11 nitrogen and oxygen atoms in total. The molecule has 0 aliphatic carbocycles. The molecule has 1 heterocycles. The first-order valence-corrected chi connectivity index (χ1v) is 14.5. The van der Waals surface area contributed by atoms with Gasteiger partial charge in [0.05, 0.1) is 46.7 Å². The Kier molecular flexibility index (Phi) is 10.4. The summed E-state index contributed by atoms with van der Waals surface area (Å²) in [4.78, 5) is 40.0. The minimum atomic E-state index is -0.945. The minimum Gasteiger partial charge on any atom is -0.495 e. The average molecular weight is 621 g/mol. The molecule has 0 saturated carbocycles. The molecule has 0 bridgehead atoms. The Labute approximate surface area is 263 Å². The first kappa shape index (κ1) is 33.0. The van der Waals surface area contributed by atoms with Gasteiger partial charge in [0.1, 0.15) is 28.7 Å². The number of benzene rings is 3. The number of fused-ring (bicyclic) bond motifs is 1. The lowest BCUT2D eigenvalue weighted by atomic mass is 9.88. The molecule has 2 N–H and O–H groups in total. The molecule has 0 saturated heterocycles. The number of amides is 2. The van der Waals surface area contributed by atoms with E-state index in [9.17, 15) is 14.4 Å². The van der Waals surface area contributed by atoms with Gasteiger partial charge in [-0.2, -0.15) is 0 Å². The van der Waals surface area contributed by atoms with E-state index in [0.717, 1.165) is 11.1 Å². The maximum Gasteiger partial charge on any atom is 0.408 e. The van der Waals surface area contributed by atoms with Gasteiger partial charge in [-0.15, -0.1) is 0 Å². The molecule has 11 heteroatoms. The van der Waals surface area contributed by atoms with Gasteiger partial charge < -0.3 is 39.1 Å². The molecular weight excluding hydrogens is 580 g/mol. The number of rotatable bonds is 11. The van der Waals surface area contributed by atoms with Gasteiger partial charge in [0.15, 0.2) is 17.3 Å². The summed E-state index contributed by atoms with van der Waals surface area (Å²) in [5.41, 5.74) is 1.55. The molecule has 240 valence electrons. The summed E-state index contributed by atoms with van der Waals surface area (Å²) >= 11 is 0. The Hall–Kier alpha value is -4.93. The fourth-order valence-electron chi connectivity index (χ4n) is 5.10. The molecule has 4 rings (SSSR count). The first-order valence-electron chi connectivity index (χ1n) is 14.5. The van der Waals surface area contributed by atoms with Gasteiger partial charge in [-0.3, -0.25) is 9.59 Å². The predicted molar refractivity (Wildman–Crippen MR) is 168 cm³/mol. The SMILES string of the molecule is COc1ccc(CC2COc3cc(OC)c(OC)c(OC)c3C2=O)cc1NC(=O)C(Cc1ccccc1)NC(=O)OC(C)(C)C. The fourth-order valence-corrected chi connectivity index (χ4v) is 5.10. The summed E-state index contributed by atoms with van der Waals surface area (Å²) in [6.45, 7) is 5.38. The quantitative estimate of drug-likeness (QED) is 0.296. The Morgan fingerprint density at radius 3 is 2.20 bits per heavy atom. The van der Waals surface area contributed by atoms with Crippen molar-refractivity contribution in [3.8, 4) is 28.7 Å². The second kappa shape index (κ2) is 14.2. The molecule has 3 aromatic rings. The molecule has 1 aliphatic rings. The molecule has 1 aliphatic heterocycles. The van der Waals surface area contributed by atoms with E-state index < -0.39 is 29.6 Å². The number of hydrogen-bond acceptors (Lipinski definition) is 9. The number of carbonyl (C=O) groups is 3. The Morgan fingerprint density at radius 1 is 0.889 bits per heavy atom. The van der Waals surface area contributed by atoms with E-state index in [1.165, 1.54) is 28.4 Å². The summed E-state index contributed by atoms with van der Waals surface area (Å²) in [6, 6.07) is 15.3. The van der Waals surface area contributed by atoms with Crippen molar-refractivity contribution < 1.29 is 42.8 Å². The zero-order valence-electron chi connectivity index (χ0n) is 26.6. The van der Waals surface area contributed by atoms with Crippen LogP contribution in [-0.2, 0) is 22.4 Å². The molecule has 0 spiro atoms. The third kappa shape index (κ3) is 7.97. The first-order chi connectivity index (χ1) is 21.5. The van der Waals surface area contributed by atoms with Gasteiger partial charge in [0.25, 0.3) is 0 Å². The number of ether oxygens (including phenoxy) is 6. The van der Waals surface area contributed by atoms with E-state index in [-0.39, 0.29) is 30.1 Å². The van der Waals surface area contributed by atoms with Gasteiger partial charge in [0, 0.05) is 12.5 Å². The molecular formula is C34H40N2O9. The molecule has 3 aromatic carbocycles. The number of anilines is 1. The van der Waals surface area contributed by atoms with Crippen LogP contribution in [0.25, 0.3) is 0 Å². The highest BCUT2D eigenvalue weighted by molar-refractivity contribution is 6.05. The van der Waals surface area contributed by atoms with E-state index in [4.69, 9.17) is 28.4 Å². The number of methoxy groups -OCH3 is 4. The average Bonchev–Trinajstić information content (AvgIpc) is 3.00. The van der Waals surface area contributed by atoms with Crippen LogP contribution < -0.4 is 34.3 Å². The lowest BCUT2D eigenvalue weighted by Gasteiger charge is -2.27. The van der Waals surface area contributed by atoms with Crippen LogP contribution in [0.2, 0.25) is 0 Å². The van der Waals surface area contributed by atoms with Crippen LogP contribution >= 0.6 is 0 Å². The van der Waals surface area contributed by atoms with Crippen LogP contribution in [0.4, 0.5) is 10.5 Å². The number of nitrogens with one attached hydrogen (secondary N) is 2. The third-order valence-corrected chi connectivity index (χ3v) is 7.15. The number of hydrogen-bond donors (Lipinski definition) is 2. The highest BCUT2D eigenvalue weighted by atomic mass is 16.6. The third-order valence-electron chi connectivity index (χ3n) is 7.15. The maximum absolute atomic E-state index is 13.7. The summed E-state index contributed by atoms with van der Waals surface area (Å²) in [7, 11) is 5.91. The van der Waals surface area contributed by atoms with Crippen molar-refractivity contribution >= 4 is 23.5 Å². The van der Waals surface area contributed by atoms with Gasteiger partial charge in [-0.25, -0.2) is 4.79 Å². The van der Waals surface area contributed by atoms with Crippen molar-refractivity contribution in [3.63, 3.8) is 0 Å². The van der Waals surface area contributed by atoms with Gasteiger partial charge in [-0.05, 0) is 50.5 Å². The topological polar surface area (TPSA) is 131 Å². The predicted octanol–water partition coefficient (Wildman–Crippen LogP) is 5.23. The van der Waals surface area contributed by atoms with Crippen LogP contribution in [0.3, 0.4) is 0 Å². The number of alkyl carbamates (subject to hydrolysis) is 1. The summed E-state index contributed by atoms with van der Waals surface area (Å²) in [5.74, 6) is 0.537. The van der Waals surface area contributed by atoms with E-state index in [2.05, 4.69) is 10.6 Å². The molecule has 2 unspecified atom stereocenters. The van der Waals surface area contributed by atoms with Gasteiger partial charge in [-0.1, -0.05) is 36.4 Å². The molecule has 0 radical (unpaired) electrons. The van der Waals surface area contributed by atoms with Gasteiger partial charge >= 0.3 is 6.09 Å². The van der Waals surface area contributed by atoms with Crippen LogP contribution in [-0.4, -0.2) is 64.5 Å². The van der Waals surface area contributed by atoms with E-state index in [1.807, 2.05) is 36.4 Å². The van der Waals surface area contributed by atoms with E-state index >= 15 is 0 Å². The van der Waals surface area contributed by atoms with E-state index in [0.29, 0.717) is 35.1 Å². The molecule has 0 fully saturated rings. The lowest BCUT2D eigenvalue weighted by molar-refractivity contribution is -0.118. The maximum atomic E-state index is 13.7.